The van der Waals surface area contributed by atoms with Gasteiger partial charge in [0.1, 0.15) is 5.75 Å². The summed E-state index contributed by atoms with van der Waals surface area (Å²) in [4.78, 5) is 25.6. The first kappa shape index (κ1) is 27.6. The third-order valence-corrected chi connectivity index (χ3v) is 8.57. The van der Waals surface area contributed by atoms with Crippen molar-refractivity contribution in [3.8, 4) is 39.4 Å². The van der Waals surface area contributed by atoms with Crippen LogP contribution in [0.1, 0.15) is 18.2 Å². The molecule has 5 aromatic rings. The molecule has 11 heteroatoms. The van der Waals surface area contributed by atoms with Crippen molar-refractivity contribution >= 4 is 23.2 Å². The summed E-state index contributed by atoms with van der Waals surface area (Å²) in [5, 5.41) is 12.6. The molecule has 224 valence electrons. The number of piperazine rings is 1. The number of amides is 1. The molecule has 1 aliphatic carbocycles. The maximum atomic E-state index is 11.7. The largest absolute Gasteiger partial charge is 0.494 e. The lowest BCUT2D eigenvalue weighted by Crippen LogP contribution is -2.48. The summed E-state index contributed by atoms with van der Waals surface area (Å²) in [6, 6.07) is 14.6. The van der Waals surface area contributed by atoms with E-state index in [9.17, 15) is 4.79 Å². The van der Waals surface area contributed by atoms with Crippen LogP contribution in [0, 0.1) is 0 Å². The van der Waals surface area contributed by atoms with Crippen molar-refractivity contribution in [2.75, 3.05) is 43.5 Å². The highest BCUT2D eigenvalue weighted by atomic mass is 16.5. The smallest absolute Gasteiger partial charge is 0.227 e. The Hall–Kier alpha value is -5.19. The molecular weight excluding hydrogens is 554 g/mol. The number of methoxy groups -OCH3 is 1. The maximum absolute atomic E-state index is 11.7. The van der Waals surface area contributed by atoms with Crippen LogP contribution in [0.15, 0.2) is 61.1 Å². The SMILES string of the molecule is COc1cc(N2CCN(C(C)=O)CC2)ccc1Nc1ncc2c(n1)-c1c(nn(C)c1-c1ccc(-c3cnn(C)c3)cc1)CC2. The van der Waals surface area contributed by atoms with Crippen LogP contribution in [0.25, 0.3) is 33.6 Å². The molecule has 7 rings (SSSR count). The minimum absolute atomic E-state index is 0.121. The van der Waals surface area contributed by atoms with Crippen molar-refractivity contribution in [3.63, 3.8) is 0 Å². The van der Waals surface area contributed by atoms with Gasteiger partial charge < -0.3 is 19.9 Å². The van der Waals surface area contributed by atoms with Gasteiger partial charge in [-0.25, -0.2) is 9.97 Å². The van der Waals surface area contributed by atoms with Gasteiger partial charge in [0, 0.05) is 88.0 Å². The van der Waals surface area contributed by atoms with Gasteiger partial charge in [-0.2, -0.15) is 10.2 Å². The van der Waals surface area contributed by atoms with Crippen LogP contribution in [-0.4, -0.2) is 73.6 Å². The molecule has 2 aliphatic rings. The number of fused-ring (bicyclic) bond motifs is 3. The van der Waals surface area contributed by atoms with E-state index in [-0.39, 0.29) is 5.91 Å². The summed E-state index contributed by atoms with van der Waals surface area (Å²) in [6.45, 7) is 4.62. The summed E-state index contributed by atoms with van der Waals surface area (Å²) in [5.74, 6) is 1.32. The second kappa shape index (κ2) is 11.1. The Morgan fingerprint density at radius 1 is 0.932 bits per heavy atom. The first-order valence-electron chi connectivity index (χ1n) is 14.8. The van der Waals surface area contributed by atoms with Gasteiger partial charge in [-0.15, -0.1) is 0 Å². The molecule has 0 unspecified atom stereocenters. The van der Waals surface area contributed by atoms with Crippen molar-refractivity contribution in [1.29, 1.82) is 0 Å². The highest BCUT2D eigenvalue weighted by Gasteiger charge is 2.27. The van der Waals surface area contributed by atoms with E-state index in [2.05, 4.69) is 50.6 Å². The van der Waals surface area contributed by atoms with Crippen molar-refractivity contribution in [2.24, 2.45) is 14.1 Å². The van der Waals surface area contributed by atoms with Gasteiger partial charge in [-0.05, 0) is 36.1 Å². The molecule has 1 N–H and O–H groups in total. The van der Waals surface area contributed by atoms with Gasteiger partial charge in [-0.3, -0.25) is 14.2 Å². The normalized spacial score (nSPS) is 14.3. The first-order chi connectivity index (χ1) is 21.4. The zero-order valence-corrected chi connectivity index (χ0v) is 25.4. The third-order valence-electron chi connectivity index (χ3n) is 8.57. The van der Waals surface area contributed by atoms with Crippen molar-refractivity contribution < 1.29 is 9.53 Å². The van der Waals surface area contributed by atoms with Crippen LogP contribution in [-0.2, 0) is 31.7 Å². The van der Waals surface area contributed by atoms with Crippen LogP contribution in [0.4, 0.5) is 17.3 Å². The molecule has 0 spiro atoms. The number of nitrogens with zero attached hydrogens (tertiary/aromatic N) is 8. The van der Waals surface area contributed by atoms with Gasteiger partial charge in [0.25, 0.3) is 0 Å². The number of rotatable bonds is 6. The molecule has 44 heavy (non-hydrogen) atoms. The van der Waals surface area contributed by atoms with E-state index in [0.717, 1.165) is 82.2 Å². The van der Waals surface area contributed by atoms with E-state index >= 15 is 0 Å². The minimum atomic E-state index is 0.121. The second-order valence-corrected chi connectivity index (χ2v) is 11.3. The fourth-order valence-electron chi connectivity index (χ4n) is 6.22. The van der Waals surface area contributed by atoms with Gasteiger partial charge in [0.15, 0.2) is 0 Å². The van der Waals surface area contributed by atoms with Crippen LogP contribution in [0.5, 0.6) is 5.75 Å². The Labute approximate surface area is 256 Å². The van der Waals surface area contributed by atoms with Crippen molar-refractivity contribution in [1.82, 2.24) is 34.4 Å². The number of aryl methyl sites for hydroxylation is 4. The average molecular weight is 590 g/mol. The van der Waals surface area contributed by atoms with E-state index in [0.29, 0.717) is 24.8 Å². The van der Waals surface area contributed by atoms with Gasteiger partial charge in [0.05, 0.1) is 36.1 Å². The van der Waals surface area contributed by atoms with Gasteiger partial charge >= 0.3 is 0 Å². The van der Waals surface area contributed by atoms with E-state index in [1.165, 1.54) is 0 Å². The summed E-state index contributed by atoms with van der Waals surface area (Å²) < 4.78 is 9.55. The molecule has 3 aromatic heterocycles. The predicted octanol–water partition coefficient (Wildman–Crippen LogP) is 4.46. The van der Waals surface area contributed by atoms with Gasteiger partial charge in [0.2, 0.25) is 11.9 Å². The zero-order valence-electron chi connectivity index (χ0n) is 25.4. The molecule has 1 saturated heterocycles. The lowest BCUT2D eigenvalue weighted by Gasteiger charge is -2.35. The number of aromatic nitrogens is 6. The third kappa shape index (κ3) is 5.04. The predicted molar refractivity (Wildman–Crippen MR) is 170 cm³/mol. The molecule has 0 bridgehead atoms. The Balaban J connectivity index is 1.17. The highest BCUT2D eigenvalue weighted by molar-refractivity contribution is 5.85. The number of benzene rings is 2. The average Bonchev–Trinajstić information content (AvgIpc) is 3.63. The Morgan fingerprint density at radius 2 is 1.70 bits per heavy atom. The Kier molecular flexibility index (Phi) is 7.00. The molecular formula is C33H35N9O2. The van der Waals surface area contributed by atoms with Crippen LogP contribution in [0.2, 0.25) is 0 Å². The molecule has 0 atom stereocenters. The Bertz CT molecular complexity index is 1850. The van der Waals surface area contributed by atoms with Crippen molar-refractivity contribution in [3.05, 3.63) is 72.3 Å². The quantitative estimate of drug-likeness (QED) is 0.310. The van der Waals surface area contributed by atoms with Crippen molar-refractivity contribution in [2.45, 2.75) is 19.8 Å². The molecule has 0 saturated carbocycles. The summed E-state index contributed by atoms with van der Waals surface area (Å²) in [7, 11) is 5.59. The van der Waals surface area contributed by atoms with Crippen LogP contribution >= 0.6 is 0 Å². The number of hydrogen-bond donors (Lipinski definition) is 1. The molecule has 11 nitrogen and oxygen atoms in total. The van der Waals surface area contributed by atoms with E-state index < -0.39 is 0 Å². The molecule has 1 aliphatic heterocycles. The standard InChI is InChI=1S/C33H35N9O2/c1-21(43)41-13-15-42(16-14-41)26-10-12-27(29(17-26)44-4)36-33-34-18-24-9-11-28-30(31(24)37-33)32(40(3)38-28)23-7-5-22(6-8-23)25-19-35-39(2)20-25/h5-8,10,12,17-20H,9,11,13-16H2,1-4H3,(H,34,36,37). The minimum Gasteiger partial charge on any atom is -0.494 e. The Morgan fingerprint density at radius 3 is 2.41 bits per heavy atom. The lowest BCUT2D eigenvalue weighted by atomic mass is 9.91. The van der Waals surface area contributed by atoms with Gasteiger partial charge in [-0.1, -0.05) is 24.3 Å². The number of carbonyl (C=O) groups excluding carboxylic acids is 1. The molecule has 4 heterocycles. The molecule has 1 fully saturated rings. The monoisotopic (exact) mass is 589 g/mol. The number of hydrogen-bond acceptors (Lipinski definition) is 8. The van der Waals surface area contributed by atoms with E-state index in [4.69, 9.17) is 14.8 Å². The summed E-state index contributed by atoms with van der Waals surface area (Å²) in [5.41, 5.74) is 10.3. The van der Waals surface area contributed by atoms with Crippen LogP contribution < -0.4 is 15.0 Å². The fourth-order valence-corrected chi connectivity index (χ4v) is 6.22. The molecule has 0 radical (unpaired) electrons. The molecule has 1 amide bonds. The van der Waals surface area contributed by atoms with E-state index in [1.54, 1.807) is 14.0 Å². The topological polar surface area (TPSA) is 106 Å². The lowest BCUT2D eigenvalue weighted by molar-refractivity contribution is -0.129. The second-order valence-electron chi connectivity index (χ2n) is 11.3. The fraction of sp³-hybridized carbons (Fsp3) is 0.303. The van der Waals surface area contributed by atoms with Crippen LogP contribution in [0.3, 0.4) is 0 Å². The molecule has 2 aromatic carbocycles. The first-order valence-corrected chi connectivity index (χ1v) is 14.8. The number of carbonyl (C=O) groups is 1. The zero-order chi connectivity index (χ0) is 30.4. The number of nitrogens with one attached hydrogen (secondary N) is 1. The number of anilines is 3. The van der Waals surface area contributed by atoms with E-state index in [1.807, 2.05) is 59.1 Å². The summed E-state index contributed by atoms with van der Waals surface area (Å²) >= 11 is 0. The maximum Gasteiger partial charge on any atom is 0.227 e. The highest BCUT2D eigenvalue weighted by Crippen LogP contribution is 2.40. The summed E-state index contributed by atoms with van der Waals surface area (Å²) in [6.07, 6.45) is 7.50. The number of ether oxygens (including phenoxy) is 1.